The van der Waals surface area contributed by atoms with Crippen LogP contribution in [0.1, 0.15) is 18.0 Å². The number of hydrogen-bond donors (Lipinski definition) is 2. The van der Waals surface area contributed by atoms with Crippen molar-refractivity contribution in [1.29, 1.82) is 0 Å². The fourth-order valence-corrected chi connectivity index (χ4v) is 1.65. The van der Waals surface area contributed by atoms with Crippen LogP contribution in [0.4, 0.5) is 0 Å². The van der Waals surface area contributed by atoms with Gasteiger partial charge >= 0.3 is 5.97 Å². The molecule has 0 saturated heterocycles. The van der Waals surface area contributed by atoms with E-state index in [4.69, 9.17) is 34.0 Å². The number of halogens is 3. The van der Waals surface area contributed by atoms with Crippen LogP contribution in [0.3, 0.4) is 0 Å². The van der Waals surface area contributed by atoms with Crippen LogP contribution in [0.2, 0.25) is 10.0 Å². The van der Waals surface area contributed by atoms with Crippen molar-refractivity contribution in [3.05, 3.63) is 33.8 Å². The number of carboxylic acid groups (broad SMARTS) is 1. The summed E-state index contributed by atoms with van der Waals surface area (Å²) in [7, 11) is 0. The SMILES string of the molecule is Cl.N[C@H](CC(=O)O)c1ccc(Cl)cc1Cl. The Kier molecular flexibility index (Phi) is 5.98. The van der Waals surface area contributed by atoms with Crippen molar-refractivity contribution in [2.24, 2.45) is 5.73 Å². The minimum atomic E-state index is -0.955. The maximum absolute atomic E-state index is 10.4. The molecule has 3 nitrogen and oxygen atoms in total. The van der Waals surface area contributed by atoms with Crippen molar-refractivity contribution in [2.75, 3.05) is 0 Å². The van der Waals surface area contributed by atoms with Crippen molar-refractivity contribution < 1.29 is 9.90 Å². The van der Waals surface area contributed by atoms with Gasteiger partial charge in [0.05, 0.1) is 6.42 Å². The van der Waals surface area contributed by atoms with E-state index in [2.05, 4.69) is 0 Å². The minimum absolute atomic E-state index is 0. The van der Waals surface area contributed by atoms with Gasteiger partial charge in [-0.15, -0.1) is 12.4 Å². The van der Waals surface area contributed by atoms with E-state index in [-0.39, 0.29) is 18.8 Å². The van der Waals surface area contributed by atoms with Gasteiger partial charge in [0.1, 0.15) is 0 Å². The molecule has 1 atom stereocenters. The quantitative estimate of drug-likeness (QED) is 0.887. The fraction of sp³-hybridized carbons (Fsp3) is 0.222. The normalized spacial score (nSPS) is 11.7. The molecule has 0 heterocycles. The van der Waals surface area contributed by atoms with Gasteiger partial charge in [0, 0.05) is 16.1 Å². The van der Waals surface area contributed by atoms with Crippen molar-refractivity contribution >= 4 is 41.6 Å². The lowest BCUT2D eigenvalue weighted by Gasteiger charge is -2.11. The predicted octanol–water partition coefficient (Wildman–Crippen LogP) is 2.89. The molecular weight excluding hydrogens is 260 g/mol. The molecular formula is C9H10Cl3NO2. The highest BCUT2D eigenvalue weighted by Crippen LogP contribution is 2.26. The number of benzene rings is 1. The summed E-state index contributed by atoms with van der Waals surface area (Å²) in [5, 5.41) is 9.44. The zero-order chi connectivity index (χ0) is 10.7. The molecule has 0 radical (unpaired) electrons. The summed E-state index contributed by atoms with van der Waals surface area (Å²) in [5.41, 5.74) is 6.23. The topological polar surface area (TPSA) is 63.3 Å². The Morgan fingerprint density at radius 3 is 2.53 bits per heavy atom. The van der Waals surface area contributed by atoms with E-state index in [1.165, 1.54) is 0 Å². The number of hydrogen-bond acceptors (Lipinski definition) is 2. The Morgan fingerprint density at radius 1 is 1.47 bits per heavy atom. The molecule has 3 N–H and O–H groups in total. The molecule has 0 aliphatic rings. The zero-order valence-electron chi connectivity index (χ0n) is 7.61. The molecule has 1 rings (SSSR count). The Bertz CT molecular complexity index is 357. The van der Waals surface area contributed by atoms with E-state index in [9.17, 15) is 4.79 Å². The van der Waals surface area contributed by atoms with E-state index in [1.807, 2.05) is 0 Å². The van der Waals surface area contributed by atoms with E-state index >= 15 is 0 Å². The summed E-state index contributed by atoms with van der Waals surface area (Å²) in [4.78, 5) is 10.4. The standard InChI is InChI=1S/C9H9Cl2NO2.ClH/c10-5-1-2-6(7(11)3-5)8(12)4-9(13)14;/h1-3,8H,4,12H2,(H,13,14);1H/t8-;/m1./s1. The molecule has 1 aromatic rings. The van der Waals surface area contributed by atoms with Crippen molar-refractivity contribution in [3.63, 3.8) is 0 Å². The molecule has 0 aromatic heterocycles. The van der Waals surface area contributed by atoms with Gasteiger partial charge < -0.3 is 10.8 Å². The highest BCUT2D eigenvalue weighted by Gasteiger charge is 2.13. The van der Waals surface area contributed by atoms with Crippen LogP contribution in [-0.2, 0) is 4.79 Å². The fourth-order valence-electron chi connectivity index (χ4n) is 1.10. The van der Waals surface area contributed by atoms with Gasteiger partial charge in [-0.25, -0.2) is 0 Å². The van der Waals surface area contributed by atoms with Gasteiger partial charge in [0.2, 0.25) is 0 Å². The van der Waals surface area contributed by atoms with Gasteiger partial charge in [-0.1, -0.05) is 29.3 Å². The lowest BCUT2D eigenvalue weighted by molar-refractivity contribution is -0.137. The van der Waals surface area contributed by atoms with Gasteiger partial charge in [-0.05, 0) is 17.7 Å². The monoisotopic (exact) mass is 269 g/mol. The summed E-state index contributed by atoms with van der Waals surface area (Å²) in [5.74, 6) is -0.955. The second-order valence-corrected chi connectivity index (χ2v) is 3.71. The molecule has 6 heteroatoms. The summed E-state index contributed by atoms with van der Waals surface area (Å²) in [6.45, 7) is 0. The summed E-state index contributed by atoms with van der Waals surface area (Å²) in [6.07, 6.45) is -0.151. The lowest BCUT2D eigenvalue weighted by atomic mass is 10.1. The second kappa shape index (κ2) is 6.18. The van der Waals surface area contributed by atoms with Crippen molar-refractivity contribution in [2.45, 2.75) is 12.5 Å². The minimum Gasteiger partial charge on any atom is -0.481 e. The van der Waals surface area contributed by atoms with Gasteiger partial charge in [0.25, 0.3) is 0 Å². The van der Waals surface area contributed by atoms with Crippen LogP contribution in [-0.4, -0.2) is 11.1 Å². The van der Waals surface area contributed by atoms with Crippen molar-refractivity contribution in [1.82, 2.24) is 0 Å². The summed E-state index contributed by atoms with van der Waals surface area (Å²) in [6, 6.07) is 4.21. The molecule has 0 aliphatic carbocycles. The van der Waals surface area contributed by atoms with Crippen LogP contribution in [0, 0.1) is 0 Å². The molecule has 0 spiro atoms. The first-order chi connectivity index (χ1) is 6.50. The number of nitrogens with two attached hydrogens (primary N) is 1. The van der Waals surface area contributed by atoms with E-state index in [1.54, 1.807) is 18.2 Å². The third-order valence-corrected chi connectivity index (χ3v) is 2.32. The molecule has 0 unspecified atom stereocenters. The van der Waals surface area contributed by atoms with Crippen LogP contribution in [0.5, 0.6) is 0 Å². The molecule has 0 bridgehead atoms. The van der Waals surface area contributed by atoms with Crippen LogP contribution < -0.4 is 5.73 Å². The first kappa shape index (κ1) is 14.5. The molecule has 0 saturated carbocycles. The highest BCUT2D eigenvalue weighted by molar-refractivity contribution is 6.35. The first-order valence-electron chi connectivity index (χ1n) is 3.93. The molecule has 1 aromatic carbocycles. The maximum Gasteiger partial charge on any atom is 0.305 e. The van der Waals surface area contributed by atoms with Gasteiger partial charge in [-0.2, -0.15) is 0 Å². The number of carboxylic acids is 1. The summed E-state index contributed by atoms with van der Waals surface area (Å²) >= 11 is 11.5. The Morgan fingerprint density at radius 2 is 2.07 bits per heavy atom. The van der Waals surface area contributed by atoms with Crippen LogP contribution in [0.15, 0.2) is 18.2 Å². The molecule has 15 heavy (non-hydrogen) atoms. The molecule has 0 amide bonds. The van der Waals surface area contributed by atoms with Gasteiger partial charge in [0.15, 0.2) is 0 Å². The number of carbonyl (C=O) groups is 1. The van der Waals surface area contributed by atoms with E-state index < -0.39 is 12.0 Å². The Hall–Kier alpha value is -0.480. The zero-order valence-corrected chi connectivity index (χ0v) is 9.94. The smallest absolute Gasteiger partial charge is 0.305 e. The maximum atomic E-state index is 10.4. The average molecular weight is 271 g/mol. The molecule has 84 valence electrons. The molecule has 0 aliphatic heterocycles. The van der Waals surface area contributed by atoms with Crippen LogP contribution in [0.25, 0.3) is 0 Å². The summed E-state index contributed by atoms with van der Waals surface area (Å²) < 4.78 is 0. The number of aliphatic carboxylic acids is 1. The number of rotatable bonds is 3. The third-order valence-electron chi connectivity index (χ3n) is 1.76. The van der Waals surface area contributed by atoms with Crippen LogP contribution >= 0.6 is 35.6 Å². The Balaban J connectivity index is 0.00000196. The largest absolute Gasteiger partial charge is 0.481 e. The van der Waals surface area contributed by atoms with E-state index in [0.29, 0.717) is 15.6 Å². The lowest BCUT2D eigenvalue weighted by Crippen LogP contribution is -2.15. The molecule has 0 fully saturated rings. The first-order valence-corrected chi connectivity index (χ1v) is 4.68. The predicted molar refractivity (Wildman–Crippen MR) is 62.9 cm³/mol. The van der Waals surface area contributed by atoms with Crippen molar-refractivity contribution in [3.8, 4) is 0 Å². The average Bonchev–Trinajstić information content (AvgIpc) is 2.01. The highest BCUT2D eigenvalue weighted by atomic mass is 35.5. The van der Waals surface area contributed by atoms with E-state index in [0.717, 1.165) is 0 Å². The second-order valence-electron chi connectivity index (χ2n) is 2.87. The third kappa shape index (κ3) is 4.26. The van der Waals surface area contributed by atoms with Gasteiger partial charge in [-0.3, -0.25) is 4.79 Å². The Labute approximate surface area is 104 Å².